The molecule has 1 saturated heterocycles. The van der Waals surface area contributed by atoms with E-state index in [0.29, 0.717) is 48.0 Å². The number of pyridine rings is 1. The van der Waals surface area contributed by atoms with Gasteiger partial charge in [0.1, 0.15) is 5.52 Å². The van der Waals surface area contributed by atoms with E-state index in [1.54, 1.807) is 0 Å². The number of anilines is 1. The molecule has 1 aliphatic rings. The van der Waals surface area contributed by atoms with Crippen molar-refractivity contribution >= 4 is 34.1 Å². The third-order valence-electron chi connectivity index (χ3n) is 5.31. The molecule has 8 nitrogen and oxygen atoms in total. The first kappa shape index (κ1) is 17.7. The van der Waals surface area contributed by atoms with Crippen LogP contribution in [0.15, 0.2) is 39.3 Å². The molecule has 0 unspecified atom stereocenters. The fraction of sp³-hybridized carbons (Fsp3) is 0.333. The molecule has 0 spiro atoms. The number of aromatic nitrogens is 3. The number of carbonyl (C=O) groups is 1. The molecular formula is C21H21N5O3. The summed E-state index contributed by atoms with van der Waals surface area (Å²) in [7, 11) is 0. The lowest BCUT2D eigenvalue weighted by Gasteiger charge is -2.21. The first-order chi connectivity index (χ1) is 14.1. The van der Waals surface area contributed by atoms with Crippen LogP contribution in [0.4, 0.5) is 6.01 Å². The standard InChI is InChI=1S/C21H21N5O3/c1-13-12-15(18-14(2)24-29-19(18)22-13)20(27)25-8-5-9-26(11-10-25)21-23-16-6-3-4-7-17(16)28-21/h3-4,6-7,12H,5,8-11H2,1-2H3. The second kappa shape index (κ2) is 6.88. The Balaban J connectivity index is 1.39. The number of fused-ring (bicyclic) bond motifs is 2. The summed E-state index contributed by atoms with van der Waals surface area (Å²) in [5.41, 5.74) is 4.04. The quantitative estimate of drug-likeness (QED) is 0.518. The summed E-state index contributed by atoms with van der Waals surface area (Å²) >= 11 is 0. The maximum absolute atomic E-state index is 13.3. The van der Waals surface area contributed by atoms with Gasteiger partial charge >= 0.3 is 0 Å². The highest BCUT2D eigenvalue weighted by Gasteiger charge is 2.26. The zero-order valence-corrected chi connectivity index (χ0v) is 16.4. The molecule has 0 radical (unpaired) electrons. The molecule has 0 aliphatic carbocycles. The molecule has 4 heterocycles. The summed E-state index contributed by atoms with van der Waals surface area (Å²) in [5.74, 6) is -0.0220. The number of oxazole rings is 1. The van der Waals surface area contributed by atoms with Gasteiger partial charge in [0, 0.05) is 31.9 Å². The average Bonchev–Trinajstić information content (AvgIpc) is 3.22. The smallest absolute Gasteiger partial charge is 0.298 e. The van der Waals surface area contributed by atoms with Gasteiger partial charge in [0.2, 0.25) is 0 Å². The van der Waals surface area contributed by atoms with Gasteiger partial charge < -0.3 is 18.7 Å². The molecule has 5 rings (SSSR count). The van der Waals surface area contributed by atoms with E-state index in [1.165, 1.54) is 0 Å². The largest absolute Gasteiger partial charge is 0.423 e. The number of hydrogen-bond donors (Lipinski definition) is 0. The van der Waals surface area contributed by atoms with Crippen molar-refractivity contribution in [1.29, 1.82) is 0 Å². The highest BCUT2D eigenvalue weighted by molar-refractivity contribution is 6.06. The highest BCUT2D eigenvalue weighted by atomic mass is 16.5. The Labute approximate surface area is 167 Å². The van der Waals surface area contributed by atoms with Crippen LogP contribution in [0.1, 0.15) is 28.2 Å². The molecule has 0 atom stereocenters. The van der Waals surface area contributed by atoms with E-state index in [1.807, 2.05) is 49.1 Å². The lowest BCUT2D eigenvalue weighted by molar-refractivity contribution is 0.0768. The number of benzene rings is 1. The van der Waals surface area contributed by atoms with Gasteiger partial charge in [-0.2, -0.15) is 4.98 Å². The maximum Gasteiger partial charge on any atom is 0.298 e. The van der Waals surface area contributed by atoms with Crippen LogP contribution in [-0.2, 0) is 0 Å². The lowest BCUT2D eigenvalue weighted by Crippen LogP contribution is -2.35. The van der Waals surface area contributed by atoms with Gasteiger partial charge in [0.05, 0.1) is 16.6 Å². The maximum atomic E-state index is 13.3. The highest BCUT2D eigenvalue weighted by Crippen LogP contribution is 2.25. The van der Waals surface area contributed by atoms with E-state index in [9.17, 15) is 4.79 Å². The topological polar surface area (TPSA) is 88.5 Å². The molecule has 1 amide bonds. The van der Waals surface area contributed by atoms with Crippen LogP contribution in [0.5, 0.6) is 0 Å². The van der Waals surface area contributed by atoms with E-state index >= 15 is 0 Å². The van der Waals surface area contributed by atoms with Crippen molar-refractivity contribution in [2.75, 3.05) is 31.1 Å². The van der Waals surface area contributed by atoms with E-state index in [0.717, 1.165) is 29.8 Å². The molecular weight excluding hydrogens is 370 g/mol. The first-order valence-electron chi connectivity index (χ1n) is 9.73. The Morgan fingerprint density at radius 2 is 1.93 bits per heavy atom. The third kappa shape index (κ3) is 3.10. The van der Waals surface area contributed by atoms with Gasteiger partial charge in [0.15, 0.2) is 5.58 Å². The van der Waals surface area contributed by atoms with E-state index in [2.05, 4.69) is 20.0 Å². The predicted molar refractivity (Wildman–Crippen MR) is 108 cm³/mol. The van der Waals surface area contributed by atoms with Crippen molar-refractivity contribution in [1.82, 2.24) is 20.0 Å². The number of nitrogens with zero attached hydrogens (tertiary/aromatic N) is 5. The monoisotopic (exact) mass is 391 g/mol. The summed E-state index contributed by atoms with van der Waals surface area (Å²) in [4.78, 5) is 26.2. The zero-order valence-electron chi connectivity index (χ0n) is 16.4. The molecule has 8 heteroatoms. The average molecular weight is 391 g/mol. The number of amides is 1. The van der Waals surface area contributed by atoms with Crippen LogP contribution in [0.2, 0.25) is 0 Å². The van der Waals surface area contributed by atoms with Gasteiger partial charge in [0.25, 0.3) is 17.6 Å². The Hall–Kier alpha value is -3.42. The van der Waals surface area contributed by atoms with Crippen LogP contribution in [0.25, 0.3) is 22.2 Å². The van der Waals surface area contributed by atoms with Crippen molar-refractivity contribution in [2.45, 2.75) is 20.3 Å². The molecule has 1 fully saturated rings. The molecule has 1 aromatic carbocycles. The van der Waals surface area contributed by atoms with Crippen molar-refractivity contribution in [2.24, 2.45) is 0 Å². The summed E-state index contributed by atoms with van der Waals surface area (Å²) in [6.45, 7) is 6.39. The predicted octanol–water partition coefficient (Wildman–Crippen LogP) is 3.33. The summed E-state index contributed by atoms with van der Waals surface area (Å²) in [5, 5.41) is 4.67. The second-order valence-corrected chi connectivity index (χ2v) is 7.36. The lowest BCUT2D eigenvalue weighted by atomic mass is 10.1. The summed E-state index contributed by atoms with van der Waals surface area (Å²) < 4.78 is 11.2. The van der Waals surface area contributed by atoms with Crippen molar-refractivity contribution in [3.8, 4) is 0 Å². The van der Waals surface area contributed by atoms with Crippen molar-refractivity contribution in [3.05, 3.63) is 47.3 Å². The van der Waals surface area contributed by atoms with E-state index in [-0.39, 0.29) is 5.91 Å². The number of rotatable bonds is 2. The third-order valence-corrected chi connectivity index (χ3v) is 5.31. The number of para-hydroxylation sites is 2. The van der Waals surface area contributed by atoms with Gasteiger partial charge in [-0.15, -0.1) is 0 Å². The summed E-state index contributed by atoms with van der Waals surface area (Å²) in [6.07, 6.45) is 0.834. The number of carbonyl (C=O) groups excluding carboxylic acids is 1. The van der Waals surface area contributed by atoms with Gasteiger partial charge in [-0.1, -0.05) is 17.3 Å². The number of aryl methyl sites for hydroxylation is 2. The zero-order chi connectivity index (χ0) is 20.0. The van der Waals surface area contributed by atoms with Gasteiger partial charge in [-0.3, -0.25) is 4.79 Å². The molecule has 0 bridgehead atoms. The molecule has 3 aromatic heterocycles. The molecule has 1 aliphatic heterocycles. The second-order valence-electron chi connectivity index (χ2n) is 7.36. The minimum absolute atomic E-state index is 0.0220. The Morgan fingerprint density at radius 3 is 2.79 bits per heavy atom. The van der Waals surface area contributed by atoms with Crippen LogP contribution in [0, 0.1) is 13.8 Å². The summed E-state index contributed by atoms with van der Waals surface area (Å²) in [6, 6.07) is 10.2. The van der Waals surface area contributed by atoms with Crippen molar-refractivity contribution in [3.63, 3.8) is 0 Å². The number of hydrogen-bond acceptors (Lipinski definition) is 7. The Kier molecular flexibility index (Phi) is 4.19. The van der Waals surface area contributed by atoms with Gasteiger partial charge in [-0.25, -0.2) is 4.98 Å². The Morgan fingerprint density at radius 1 is 1.07 bits per heavy atom. The van der Waals surface area contributed by atoms with Crippen LogP contribution in [0.3, 0.4) is 0 Å². The van der Waals surface area contributed by atoms with Crippen LogP contribution in [-0.4, -0.2) is 52.1 Å². The molecule has 0 N–H and O–H groups in total. The van der Waals surface area contributed by atoms with E-state index < -0.39 is 0 Å². The van der Waals surface area contributed by atoms with Gasteiger partial charge in [-0.05, 0) is 38.5 Å². The van der Waals surface area contributed by atoms with E-state index in [4.69, 9.17) is 8.94 Å². The fourth-order valence-electron chi connectivity index (χ4n) is 3.86. The fourth-order valence-corrected chi connectivity index (χ4v) is 3.86. The molecule has 148 valence electrons. The minimum atomic E-state index is -0.0220. The van der Waals surface area contributed by atoms with Crippen LogP contribution >= 0.6 is 0 Å². The molecule has 0 saturated carbocycles. The minimum Gasteiger partial charge on any atom is -0.423 e. The Bertz CT molecular complexity index is 1180. The van der Waals surface area contributed by atoms with Crippen molar-refractivity contribution < 1.29 is 13.7 Å². The molecule has 29 heavy (non-hydrogen) atoms. The normalized spacial score (nSPS) is 15.2. The SMILES string of the molecule is Cc1cc(C(=O)N2CCCN(c3nc4ccccc4o3)CC2)c2c(C)noc2n1. The first-order valence-corrected chi connectivity index (χ1v) is 9.73. The molecule has 4 aromatic rings. The van der Waals surface area contributed by atoms with Crippen LogP contribution < -0.4 is 4.90 Å².